The van der Waals surface area contributed by atoms with E-state index in [9.17, 15) is 4.79 Å². The molecule has 0 bridgehead atoms. The van der Waals surface area contributed by atoms with Gasteiger partial charge in [-0.3, -0.25) is 4.79 Å². The zero-order valence-corrected chi connectivity index (χ0v) is 8.95. The zero-order valence-electron chi connectivity index (χ0n) is 8.95. The second kappa shape index (κ2) is 4.23. The van der Waals surface area contributed by atoms with Crippen LogP contribution < -0.4 is 0 Å². The molecule has 0 atom stereocenters. The quantitative estimate of drug-likeness (QED) is 0.514. The number of hydrogen-bond donors (Lipinski definition) is 0. The molecule has 74 valence electrons. The van der Waals surface area contributed by atoms with Gasteiger partial charge < -0.3 is 0 Å². The van der Waals surface area contributed by atoms with Gasteiger partial charge in [0.25, 0.3) is 0 Å². The third-order valence-electron chi connectivity index (χ3n) is 2.12. The molecule has 0 aliphatic rings. The van der Waals surface area contributed by atoms with Crippen LogP contribution in [-0.4, -0.2) is 6.29 Å². The summed E-state index contributed by atoms with van der Waals surface area (Å²) in [5.41, 5.74) is 2.51. The van der Waals surface area contributed by atoms with E-state index in [0.29, 0.717) is 0 Å². The van der Waals surface area contributed by atoms with Crippen molar-refractivity contribution in [3.8, 4) is 0 Å². The van der Waals surface area contributed by atoms with E-state index < -0.39 is 0 Å². The highest BCUT2D eigenvalue weighted by Crippen LogP contribution is 2.22. The van der Waals surface area contributed by atoms with E-state index in [0.717, 1.165) is 11.8 Å². The average Bonchev–Trinajstić information content (AvgIpc) is 2.14. The molecular formula is C13H16O. The highest BCUT2D eigenvalue weighted by atomic mass is 16.1. The van der Waals surface area contributed by atoms with Crippen molar-refractivity contribution in [2.45, 2.75) is 26.2 Å². The molecule has 0 fully saturated rings. The Kier molecular flexibility index (Phi) is 3.23. The van der Waals surface area contributed by atoms with Gasteiger partial charge in [-0.05, 0) is 22.6 Å². The van der Waals surface area contributed by atoms with E-state index in [-0.39, 0.29) is 5.41 Å². The van der Waals surface area contributed by atoms with Gasteiger partial charge in [-0.2, -0.15) is 0 Å². The Morgan fingerprint density at radius 3 is 2.50 bits per heavy atom. The average molecular weight is 188 g/mol. The van der Waals surface area contributed by atoms with Gasteiger partial charge in [-0.25, -0.2) is 0 Å². The van der Waals surface area contributed by atoms with Crippen LogP contribution in [0.2, 0.25) is 0 Å². The molecule has 0 N–H and O–H groups in total. The molecule has 1 rings (SSSR count). The smallest absolute Gasteiger partial charge is 0.142 e. The lowest BCUT2D eigenvalue weighted by molar-refractivity contribution is -0.104. The first-order valence-corrected chi connectivity index (χ1v) is 4.76. The number of allylic oxidation sites excluding steroid dienone is 1. The molecule has 0 saturated heterocycles. The summed E-state index contributed by atoms with van der Waals surface area (Å²) < 4.78 is 0. The Morgan fingerprint density at radius 1 is 1.21 bits per heavy atom. The highest BCUT2D eigenvalue weighted by Gasteiger charge is 2.12. The number of aldehydes is 1. The van der Waals surface area contributed by atoms with Crippen LogP contribution in [-0.2, 0) is 10.2 Å². The van der Waals surface area contributed by atoms with E-state index in [4.69, 9.17) is 0 Å². The van der Waals surface area contributed by atoms with Crippen LogP contribution in [0.5, 0.6) is 0 Å². The summed E-state index contributed by atoms with van der Waals surface area (Å²) in [5.74, 6) is 0. The van der Waals surface area contributed by atoms with Crippen molar-refractivity contribution in [1.29, 1.82) is 0 Å². The Labute approximate surface area is 85.5 Å². The third-order valence-corrected chi connectivity index (χ3v) is 2.12. The summed E-state index contributed by atoms with van der Waals surface area (Å²) >= 11 is 0. The molecule has 14 heavy (non-hydrogen) atoms. The lowest BCUT2D eigenvalue weighted by atomic mass is 9.86. The van der Waals surface area contributed by atoms with Gasteiger partial charge in [0.2, 0.25) is 0 Å². The molecule has 0 aliphatic carbocycles. The first-order chi connectivity index (χ1) is 6.54. The van der Waals surface area contributed by atoms with Gasteiger partial charge in [0.05, 0.1) is 0 Å². The van der Waals surface area contributed by atoms with Crippen LogP contribution in [0, 0.1) is 0 Å². The second-order valence-corrected chi connectivity index (χ2v) is 4.37. The monoisotopic (exact) mass is 188 g/mol. The Bertz CT molecular complexity index is 342. The van der Waals surface area contributed by atoms with Gasteiger partial charge in [0, 0.05) is 0 Å². The number of rotatable bonds is 2. The highest BCUT2D eigenvalue weighted by molar-refractivity contribution is 5.73. The number of hydrogen-bond acceptors (Lipinski definition) is 1. The van der Waals surface area contributed by atoms with Crippen LogP contribution >= 0.6 is 0 Å². The van der Waals surface area contributed by atoms with Gasteiger partial charge >= 0.3 is 0 Å². The molecule has 1 aromatic rings. The molecule has 1 aromatic carbocycles. The Hall–Kier alpha value is -1.37. The van der Waals surface area contributed by atoms with Gasteiger partial charge in [0.15, 0.2) is 0 Å². The maximum atomic E-state index is 10.2. The van der Waals surface area contributed by atoms with Crippen LogP contribution in [0.3, 0.4) is 0 Å². The van der Waals surface area contributed by atoms with E-state index in [2.05, 4.69) is 32.9 Å². The summed E-state index contributed by atoms with van der Waals surface area (Å²) in [5, 5.41) is 0. The normalized spacial score (nSPS) is 11.9. The number of benzene rings is 1. The van der Waals surface area contributed by atoms with Crippen LogP contribution in [0.15, 0.2) is 30.3 Å². The van der Waals surface area contributed by atoms with Crippen molar-refractivity contribution in [3.05, 3.63) is 41.5 Å². The van der Waals surface area contributed by atoms with E-state index in [1.165, 1.54) is 11.6 Å². The molecular weight excluding hydrogens is 172 g/mol. The Morgan fingerprint density at radius 2 is 1.93 bits per heavy atom. The SMILES string of the molecule is CC(C)(C)c1cccc(/C=C/C=O)c1. The minimum Gasteiger partial charge on any atom is -0.299 e. The lowest BCUT2D eigenvalue weighted by Gasteiger charge is -2.19. The lowest BCUT2D eigenvalue weighted by Crippen LogP contribution is -2.10. The summed E-state index contributed by atoms with van der Waals surface area (Å²) in [6.07, 6.45) is 4.13. The molecule has 1 nitrogen and oxygen atoms in total. The number of carbonyl (C=O) groups excluding carboxylic acids is 1. The van der Waals surface area contributed by atoms with Crippen molar-refractivity contribution in [2.24, 2.45) is 0 Å². The van der Waals surface area contributed by atoms with E-state index in [1.54, 1.807) is 0 Å². The first kappa shape index (κ1) is 10.7. The molecule has 0 aromatic heterocycles. The molecule has 0 heterocycles. The minimum atomic E-state index is 0.158. The minimum absolute atomic E-state index is 0.158. The Balaban J connectivity index is 3.01. The van der Waals surface area contributed by atoms with Crippen molar-refractivity contribution in [3.63, 3.8) is 0 Å². The standard InChI is InChI=1S/C13H16O/c1-13(2,3)12-8-4-6-11(10-12)7-5-9-14/h4-10H,1-3H3/b7-5+. The number of carbonyl (C=O) groups is 1. The second-order valence-electron chi connectivity index (χ2n) is 4.37. The van der Waals surface area contributed by atoms with Gasteiger partial charge in [-0.1, -0.05) is 51.1 Å². The van der Waals surface area contributed by atoms with Crippen LogP contribution in [0.1, 0.15) is 31.9 Å². The molecule has 0 radical (unpaired) electrons. The fourth-order valence-electron chi connectivity index (χ4n) is 1.26. The molecule has 0 aliphatic heterocycles. The molecule has 0 unspecified atom stereocenters. The fraction of sp³-hybridized carbons (Fsp3) is 0.308. The van der Waals surface area contributed by atoms with Gasteiger partial charge in [-0.15, -0.1) is 0 Å². The maximum Gasteiger partial charge on any atom is 0.142 e. The summed E-state index contributed by atoms with van der Waals surface area (Å²) in [4.78, 5) is 10.2. The van der Waals surface area contributed by atoms with E-state index >= 15 is 0 Å². The predicted molar refractivity (Wildman–Crippen MR) is 60.2 cm³/mol. The topological polar surface area (TPSA) is 17.1 Å². The van der Waals surface area contributed by atoms with Crippen molar-refractivity contribution in [2.75, 3.05) is 0 Å². The van der Waals surface area contributed by atoms with Crippen LogP contribution in [0.25, 0.3) is 6.08 Å². The van der Waals surface area contributed by atoms with Crippen molar-refractivity contribution >= 4 is 12.4 Å². The van der Waals surface area contributed by atoms with Crippen LogP contribution in [0.4, 0.5) is 0 Å². The molecule has 0 saturated carbocycles. The maximum absolute atomic E-state index is 10.2. The predicted octanol–water partition coefficient (Wildman–Crippen LogP) is 3.20. The molecule has 0 spiro atoms. The van der Waals surface area contributed by atoms with Crippen molar-refractivity contribution < 1.29 is 4.79 Å². The van der Waals surface area contributed by atoms with Gasteiger partial charge in [0.1, 0.15) is 6.29 Å². The largest absolute Gasteiger partial charge is 0.299 e. The molecule has 0 amide bonds. The molecule has 1 heteroatoms. The summed E-state index contributed by atoms with van der Waals surface area (Å²) in [6, 6.07) is 8.23. The summed E-state index contributed by atoms with van der Waals surface area (Å²) in [6.45, 7) is 6.53. The van der Waals surface area contributed by atoms with E-state index in [1.807, 2.05) is 18.2 Å². The zero-order chi connectivity index (χ0) is 10.6. The van der Waals surface area contributed by atoms with Crippen molar-refractivity contribution in [1.82, 2.24) is 0 Å². The third kappa shape index (κ3) is 2.84. The first-order valence-electron chi connectivity index (χ1n) is 4.76. The summed E-state index contributed by atoms with van der Waals surface area (Å²) in [7, 11) is 0. The fourth-order valence-corrected chi connectivity index (χ4v) is 1.26.